The maximum absolute atomic E-state index is 8.74. The predicted octanol–water partition coefficient (Wildman–Crippen LogP) is -4.04. The predicted molar refractivity (Wildman–Crippen MR) is 32.0 cm³/mol. The van der Waals surface area contributed by atoms with Crippen LogP contribution in [0.2, 0.25) is 0 Å². The van der Waals surface area contributed by atoms with Crippen LogP contribution in [0.1, 0.15) is 4.28 Å². The summed E-state index contributed by atoms with van der Waals surface area (Å²) in [5, 5.41) is 13.6. The fourth-order valence-corrected chi connectivity index (χ4v) is 0. The second-order valence-corrected chi connectivity index (χ2v) is 1.58. The van der Waals surface area contributed by atoms with Crippen LogP contribution in [0.5, 0.6) is 0 Å². The minimum absolute atomic E-state index is 0. The van der Waals surface area contributed by atoms with Crippen molar-refractivity contribution in [3.8, 4) is 0 Å². The van der Waals surface area contributed by atoms with Gasteiger partial charge in [-0.05, 0) is 0 Å². The molecule has 0 aliphatic heterocycles. The van der Waals surface area contributed by atoms with E-state index >= 15 is 0 Å². The van der Waals surface area contributed by atoms with Gasteiger partial charge in [-0.3, -0.25) is 9.11 Å². The fraction of sp³-hybridized carbons (Fsp3) is 0. The Morgan fingerprint density at radius 2 is 1.36 bits per heavy atom. The van der Waals surface area contributed by atoms with Gasteiger partial charge in [-0.2, -0.15) is 8.42 Å². The number of rotatable bonds is 0. The first-order valence-electron chi connectivity index (χ1n) is 1.26. The summed E-state index contributed by atoms with van der Waals surface area (Å²) in [5.74, 6) is 0. The van der Waals surface area contributed by atoms with Crippen LogP contribution in [0.4, 0.5) is 0 Å². The zero-order valence-electron chi connectivity index (χ0n) is 8.54. The van der Waals surface area contributed by atoms with E-state index in [-0.39, 0.29) is 93.4 Å². The fourth-order valence-electron chi connectivity index (χ4n) is 0. The van der Waals surface area contributed by atoms with Crippen molar-refractivity contribution < 1.29 is 83.5 Å². The van der Waals surface area contributed by atoms with Crippen molar-refractivity contribution in [3.63, 3.8) is 0 Å². The van der Waals surface area contributed by atoms with Crippen LogP contribution >= 0.6 is 0 Å². The average molecular weight is 243 g/mol. The van der Waals surface area contributed by atoms with Crippen molar-refractivity contribution in [2.24, 2.45) is 0 Å². The van der Waals surface area contributed by atoms with E-state index in [1.165, 1.54) is 0 Å². The van der Waals surface area contributed by atoms with Crippen LogP contribution in [-0.4, -0.2) is 65.6 Å². The Morgan fingerprint density at radius 3 is 1.36 bits per heavy atom. The summed E-state index contributed by atoms with van der Waals surface area (Å²) in [6.45, 7) is 0. The topological polar surface area (TPSA) is 138 Å². The number of hydrogen-bond donors (Lipinski definition) is 3. The Bertz CT molecular complexity index is 171. The van der Waals surface area contributed by atoms with Gasteiger partial charge in [0.05, 0.1) is 0 Å². The van der Waals surface area contributed by atoms with Crippen LogP contribution in [0.3, 0.4) is 0 Å². The average Bonchev–Trinajstić information content (AvgIpc) is 1.19. The molecule has 0 bridgehead atoms. The van der Waals surface area contributed by atoms with Crippen LogP contribution in [0.25, 0.3) is 0 Å². The Kier molecular flexibility index (Phi) is 25.1. The van der Waals surface area contributed by atoms with Crippen molar-refractivity contribution in [2.45, 2.75) is 0 Å². The third-order valence-corrected chi connectivity index (χ3v) is 0. The van der Waals surface area contributed by atoms with Crippen molar-refractivity contribution in [1.29, 1.82) is 0 Å². The van der Waals surface area contributed by atoms with Gasteiger partial charge in [0.15, 0.2) is 0 Å². The van der Waals surface area contributed by atoms with Gasteiger partial charge in [-0.15, -0.1) is 10.1 Å². The molecule has 0 amide bonds. The molecule has 3 N–H and O–H groups in total. The smallest absolute Gasteiger partial charge is 1.00 e. The van der Waals surface area contributed by atoms with E-state index in [0.717, 1.165) is 0 Å². The molecule has 0 spiro atoms. The molecule has 0 aromatic heterocycles. The van der Waals surface area contributed by atoms with Gasteiger partial charge in [0, 0.05) is 0 Å². The molecule has 0 heterocycles. The van der Waals surface area contributed by atoms with Crippen LogP contribution in [0, 0.1) is 10.1 Å². The third kappa shape index (κ3) is 307. The van der Waals surface area contributed by atoms with Crippen molar-refractivity contribution in [1.82, 2.24) is 0 Å². The van der Waals surface area contributed by atoms with Crippen molar-refractivity contribution >= 4 is 48.1 Å². The molecule has 0 atom stereocenters. The molecular weight excluding hydrogens is 237 g/mol. The van der Waals surface area contributed by atoms with E-state index in [2.05, 4.69) is 0 Å². The molecule has 0 aliphatic carbocycles. The Balaban J connectivity index is -0.0000000104. The monoisotopic (exact) mass is 243 g/mol. The van der Waals surface area contributed by atoms with Gasteiger partial charge in [0.25, 0.3) is 5.09 Å². The first kappa shape index (κ1) is 23.1. The zero-order valence-corrected chi connectivity index (χ0v) is 11.7. The summed E-state index contributed by atoms with van der Waals surface area (Å²) in [5.41, 5.74) is 0. The summed E-state index contributed by atoms with van der Waals surface area (Å²) < 4.78 is 31.6. The molecule has 62 valence electrons. The standard InChI is InChI=1S/Ca.K.HNO3.H2O4S.3H/c;;2-1(3)4;1-5(2,3)4;;;/h;;(H,2,3,4);(H2,1,2,3,4);;;/q+2;+1;;;3*-1. The van der Waals surface area contributed by atoms with Gasteiger partial charge >= 0.3 is 99.5 Å². The first-order valence-corrected chi connectivity index (χ1v) is 2.66. The van der Waals surface area contributed by atoms with E-state index in [9.17, 15) is 0 Å². The molecule has 0 aromatic carbocycles. The molecule has 0 saturated heterocycles. The summed E-state index contributed by atoms with van der Waals surface area (Å²) in [7, 11) is -4.67. The van der Waals surface area contributed by atoms with Crippen LogP contribution < -0.4 is 51.4 Å². The number of hydrogen-bond acceptors (Lipinski definition) is 4. The third-order valence-electron chi connectivity index (χ3n) is 0. The van der Waals surface area contributed by atoms with Crippen molar-refractivity contribution in [3.05, 3.63) is 10.1 Å². The summed E-state index contributed by atoms with van der Waals surface area (Å²) in [6, 6.07) is 0. The molecule has 11 heavy (non-hydrogen) atoms. The maximum atomic E-state index is 8.74. The molecule has 0 unspecified atom stereocenters. The van der Waals surface area contributed by atoms with Gasteiger partial charge in [-0.1, -0.05) is 0 Å². The van der Waals surface area contributed by atoms with Gasteiger partial charge in [-0.25, -0.2) is 0 Å². The van der Waals surface area contributed by atoms with E-state index in [4.69, 9.17) is 32.8 Å². The van der Waals surface area contributed by atoms with E-state index in [0.29, 0.717) is 0 Å². The quantitative estimate of drug-likeness (QED) is 0.170. The van der Waals surface area contributed by atoms with Crippen molar-refractivity contribution in [2.75, 3.05) is 0 Å². The Hall–Kier alpha value is 1.97. The molecule has 0 aliphatic rings. The second-order valence-electron chi connectivity index (χ2n) is 0.686. The molecule has 0 radical (unpaired) electrons. The molecule has 0 rings (SSSR count). The maximum Gasteiger partial charge on any atom is 2.00 e. The molecule has 0 saturated carbocycles. The normalized spacial score (nSPS) is 7.45. The molecule has 11 heteroatoms. The Labute approximate surface area is 139 Å². The van der Waals surface area contributed by atoms with Crippen LogP contribution in [0.15, 0.2) is 0 Å². The van der Waals surface area contributed by atoms with Crippen LogP contribution in [-0.2, 0) is 10.4 Å². The van der Waals surface area contributed by atoms with E-state index < -0.39 is 15.5 Å². The van der Waals surface area contributed by atoms with E-state index in [1.54, 1.807) is 0 Å². The molecular formula is H6CaKNO7S. The first-order chi connectivity index (χ1) is 3.73. The Morgan fingerprint density at radius 1 is 1.36 bits per heavy atom. The molecule has 0 aromatic rings. The van der Waals surface area contributed by atoms with Gasteiger partial charge in [0.1, 0.15) is 0 Å². The minimum atomic E-state index is -4.67. The largest absolute Gasteiger partial charge is 2.00 e. The summed E-state index contributed by atoms with van der Waals surface area (Å²) in [6.07, 6.45) is 0. The number of nitrogens with zero attached hydrogens (tertiary/aromatic N) is 1. The molecule has 0 fully saturated rings. The summed E-state index contributed by atoms with van der Waals surface area (Å²) in [4.78, 5) is 8.36. The zero-order chi connectivity index (χ0) is 8.08. The minimum Gasteiger partial charge on any atom is -1.00 e. The van der Waals surface area contributed by atoms with E-state index in [1.807, 2.05) is 0 Å². The summed E-state index contributed by atoms with van der Waals surface area (Å²) >= 11 is 0. The molecule has 8 nitrogen and oxygen atoms in total. The van der Waals surface area contributed by atoms with Gasteiger partial charge in [0.2, 0.25) is 0 Å². The second kappa shape index (κ2) is 12.0. The SMILES string of the molecule is O=S(=O)(O)O.O=[N+]([O-])O.[Ca+2].[H-].[H-].[H-].[K+]. The van der Waals surface area contributed by atoms with Gasteiger partial charge < -0.3 is 9.49 Å².